The Morgan fingerprint density at radius 1 is 1.10 bits per heavy atom. The van der Waals surface area contributed by atoms with E-state index in [1.807, 2.05) is 6.92 Å². The molecule has 29 heavy (non-hydrogen) atoms. The second kappa shape index (κ2) is 8.18. The third kappa shape index (κ3) is 4.80. The fraction of sp³-hybridized carbons (Fsp3) is 0.500. The quantitative estimate of drug-likeness (QED) is 0.451. The first-order valence-electron chi connectivity index (χ1n) is 9.73. The van der Waals surface area contributed by atoms with E-state index in [1.165, 1.54) is 6.07 Å². The number of phenolic OH excluding ortho intramolecular Hbond substituents is 2. The van der Waals surface area contributed by atoms with Gasteiger partial charge in [-0.15, -0.1) is 0 Å². The van der Waals surface area contributed by atoms with Crippen molar-refractivity contribution >= 4 is 12.0 Å². The Kier molecular flexibility index (Phi) is 6.03. The second-order valence-electron chi connectivity index (χ2n) is 8.05. The van der Waals surface area contributed by atoms with Crippen LogP contribution in [0.1, 0.15) is 50.0 Å². The maximum atomic E-state index is 12.7. The Labute approximate surface area is 170 Å². The van der Waals surface area contributed by atoms with Gasteiger partial charge < -0.3 is 29.5 Å². The zero-order valence-electron chi connectivity index (χ0n) is 17.0. The minimum Gasteiger partial charge on any atom is -0.508 e. The third-order valence-corrected chi connectivity index (χ3v) is 5.21. The lowest BCUT2D eigenvalue weighted by atomic mass is 9.99. The van der Waals surface area contributed by atoms with Gasteiger partial charge in [0.25, 0.3) is 0 Å². The van der Waals surface area contributed by atoms with Crippen molar-refractivity contribution < 1.29 is 34.3 Å². The Morgan fingerprint density at radius 3 is 2.55 bits per heavy atom. The number of aliphatic hydroxyl groups is 1. The number of carbonyl (C=O) groups excluding carboxylic acids is 1. The Hall–Kier alpha value is -2.35. The molecule has 3 rings (SSSR count). The summed E-state index contributed by atoms with van der Waals surface area (Å²) in [4.78, 5) is 12.7. The average molecular weight is 404 g/mol. The first-order valence-corrected chi connectivity index (χ1v) is 9.73. The molecular formula is C22H28O7. The van der Waals surface area contributed by atoms with Crippen molar-refractivity contribution in [2.45, 2.75) is 64.3 Å². The Bertz CT molecular complexity index is 827. The zero-order valence-corrected chi connectivity index (χ0v) is 17.0. The molecule has 1 saturated heterocycles. The molecule has 0 bridgehead atoms. The number of rotatable bonds is 0. The van der Waals surface area contributed by atoms with Crippen LogP contribution < -0.4 is 0 Å². The lowest BCUT2D eigenvalue weighted by Gasteiger charge is -2.22. The summed E-state index contributed by atoms with van der Waals surface area (Å²) >= 11 is 0. The van der Waals surface area contributed by atoms with Crippen molar-refractivity contribution in [1.82, 2.24) is 0 Å². The van der Waals surface area contributed by atoms with E-state index in [1.54, 1.807) is 45.1 Å². The summed E-state index contributed by atoms with van der Waals surface area (Å²) in [5.74, 6) is -2.24. The normalized spacial score (nSPS) is 34.4. The van der Waals surface area contributed by atoms with Gasteiger partial charge in [0, 0.05) is 12.0 Å². The van der Waals surface area contributed by atoms with Crippen molar-refractivity contribution in [1.29, 1.82) is 0 Å². The predicted molar refractivity (Wildman–Crippen MR) is 106 cm³/mol. The summed E-state index contributed by atoms with van der Waals surface area (Å²) in [6.07, 6.45) is 4.82. The maximum Gasteiger partial charge on any atom is 0.342 e. The summed E-state index contributed by atoms with van der Waals surface area (Å²) in [6.45, 7) is 7.17. The standard InChI is InChI=1S/C22H28O7/c1-12-8-9-16(24)20-18(28-22(3,4)29-20)7-5-6-14-10-15(23)11-17(25)19(14)21(26)27-13(12)2/h5-6,8-13,16,18,20,23-25H,7H2,1-4H3/b6-5+,9-8-/t12-,13+,16-,18+,20-/m1/s1. The number of esters is 1. The van der Waals surface area contributed by atoms with Crippen molar-refractivity contribution in [2.75, 3.05) is 0 Å². The number of aromatic hydroxyl groups is 2. The van der Waals surface area contributed by atoms with Gasteiger partial charge in [-0.05, 0) is 38.8 Å². The van der Waals surface area contributed by atoms with Crippen molar-refractivity contribution in [3.05, 3.63) is 41.5 Å². The van der Waals surface area contributed by atoms with Crippen LogP contribution in [0.4, 0.5) is 0 Å². The molecule has 0 unspecified atom stereocenters. The van der Waals surface area contributed by atoms with Crippen LogP contribution in [0, 0.1) is 5.92 Å². The van der Waals surface area contributed by atoms with Gasteiger partial charge in [-0.3, -0.25) is 0 Å². The molecule has 5 atom stereocenters. The molecule has 0 spiro atoms. The molecule has 0 amide bonds. The number of phenols is 2. The van der Waals surface area contributed by atoms with Crippen LogP contribution in [-0.2, 0) is 14.2 Å². The van der Waals surface area contributed by atoms with Crippen LogP contribution in [0.5, 0.6) is 11.5 Å². The van der Waals surface area contributed by atoms with Gasteiger partial charge >= 0.3 is 5.97 Å². The largest absolute Gasteiger partial charge is 0.508 e. The minimum absolute atomic E-state index is 0.0142. The van der Waals surface area contributed by atoms with Gasteiger partial charge in [-0.1, -0.05) is 31.2 Å². The van der Waals surface area contributed by atoms with Gasteiger partial charge in [0.1, 0.15) is 35.4 Å². The SMILES string of the molecule is C[C@@H]1/C=C\[C@@H](O)[C@H]2OC(C)(C)O[C@H]2C/C=C/c2cc(O)cc(O)c2C(=O)O[C@H]1C. The predicted octanol–water partition coefficient (Wildman–Crippen LogP) is 3.13. The average Bonchev–Trinajstić information content (AvgIpc) is 2.92. The molecule has 1 aromatic rings. The summed E-state index contributed by atoms with van der Waals surface area (Å²) in [5, 5.41) is 30.7. The summed E-state index contributed by atoms with van der Waals surface area (Å²) in [7, 11) is 0. The van der Waals surface area contributed by atoms with E-state index < -0.39 is 36.2 Å². The molecule has 3 N–H and O–H groups in total. The first-order chi connectivity index (χ1) is 13.6. The second-order valence-corrected chi connectivity index (χ2v) is 8.05. The van der Waals surface area contributed by atoms with Crippen molar-refractivity contribution in [3.8, 4) is 11.5 Å². The van der Waals surface area contributed by atoms with E-state index in [9.17, 15) is 20.1 Å². The fourth-order valence-electron chi connectivity index (χ4n) is 3.54. The molecule has 0 radical (unpaired) electrons. The number of aliphatic hydroxyl groups excluding tert-OH is 1. The van der Waals surface area contributed by atoms with Gasteiger partial charge in [-0.25, -0.2) is 4.79 Å². The number of cyclic esters (lactones) is 1. The van der Waals surface area contributed by atoms with Gasteiger partial charge in [-0.2, -0.15) is 0 Å². The number of ether oxygens (including phenoxy) is 3. The number of fused-ring (bicyclic) bond motifs is 2. The molecule has 2 aliphatic rings. The van der Waals surface area contributed by atoms with E-state index >= 15 is 0 Å². The summed E-state index contributed by atoms with van der Waals surface area (Å²) in [5.41, 5.74) is 0.315. The molecule has 7 heteroatoms. The molecule has 1 fully saturated rings. The monoisotopic (exact) mass is 404 g/mol. The lowest BCUT2D eigenvalue weighted by Crippen LogP contribution is -2.34. The van der Waals surface area contributed by atoms with E-state index in [-0.39, 0.29) is 23.0 Å². The van der Waals surface area contributed by atoms with Crippen LogP contribution in [0.25, 0.3) is 6.08 Å². The highest BCUT2D eigenvalue weighted by atomic mass is 16.8. The van der Waals surface area contributed by atoms with Gasteiger partial charge in [0.2, 0.25) is 0 Å². The van der Waals surface area contributed by atoms with Crippen molar-refractivity contribution in [3.63, 3.8) is 0 Å². The Balaban J connectivity index is 2.02. The van der Waals surface area contributed by atoms with Crippen LogP contribution in [0.2, 0.25) is 0 Å². The molecule has 2 heterocycles. The molecule has 0 saturated carbocycles. The molecule has 7 nitrogen and oxygen atoms in total. The highest BCUT2D eigenvalue weighted by Crippen LogP contribution is 2.34. The van der Waals surface area contributed by atoms with E-state index in [0.29, 0.717) is 12.0 Å². The number of benzene rings is 1. The van der Waals surface area contributed by atoms with Gasteiger partial charge in [0.05, 0.1) is 6.10 Å². The molecule has 1 aromatic carbocycles. The molecule has 2 aliphatic heterocycles. The van der Waals surface area contributed by atoms with Crippen LogP contribution in [0.15, 0.2) is 30.4 Å². The number of hydrogen-bond donors (Lipinski definition) is 3. The molecule has 0 aliphatic carbocycles. The molecular weight excluding hydrogens is 376 g/mol. The van der Waals surface area contributed by atoms with Crippen LogP contribution in [0.3, 0.4) is 0 Å². The number of hydrogen-bond acceptors (Lipinski definition) is 7. The van der Waals surface area contributed by atoms with E-state index in [4.69, 9.17) is 14.2 Å². The van der Waals surface area contributed by atoms with E-state index in [2.05, 4.69) is 0 Å². The first kappa shape index (κ1) is 21.4. The van der Waals surface area contributed by atoms with Gasteiger partial charge in [0.15, 0.2) is 5.79 Å². The minimum atomic E-state index is -0.885. The highest BCUT2D eigenvalue weighted by Gasteiger charge is 2.43. The zero-order chi connectivity index (χ0) is 21.3. The van der Waals surface area contributed by atoms with Crippen molar-refractivity contribution in [2.24, 2.45) is 5.92 Å². The third-order valence-electron chi connectivity index (χ3n) is 5.21. The fourth-order valence-corrected chi connectivity index (χ4v) is 3.54. The summed E-state index contributed by atoms with van der Waals surface area (Å²) in [6, 6.07) is 2.49. The van der Waals surface area contributed by atoms with E-state index in [0.717, 1.165) is 6.07 Å². The maximum absolute atomic E-state index is 12.7. The molecule has 0 aromatic heterocycles. The smallest absolute Gasteiger partial charge is 0.342 e. The topological polar surface area (TPSA) is 105 Å². The van der Waals surface area contributed by atoms with Crippen LogP contribution >= 0.6 is 0 Å². The summed E-state index contributed by atoms with van der Waals surface area (Å²) < 4.78 is 17.3. The van der Waals surface area contributed by atoms with Crippen LogP contribution in [-0.4, -0.2) is 51.5 Å². The molecule has 158 valence electrons. The lowest BCUT2D eigenvalue weighted by molar-refractivity contribution is -0.152. The highest BCUT2D eigenvalue weighted by molar-refractivity contribution is 5.97. The Morgan fingerprint density at radius 2 is 1.83 bits per heavy atom. The number of carbonyl (C=O) groups is 1.